The molecule has 128 valence electrons. The minimum absolute atomic E-state index is 0.169. The summed E-state index contributed by atoms with van der Waals surface area (Å²) in [6.07, 6.45) is 9.02. The monoisotopic (exact) mass is 338 g/mol. The van der Waals surface area contributed by atoms with Crippen LogP contribution in [0.4, 0.5) is 5.82 Å². The van der Waals surface area contributed by atoms with E-state index in [1.165, 1.54) is 19.8 Å². The van der Waals surface area contributed by atoms with E-state index in [0.717, 1.165) is 30.0 Å². The van der Waals surface area contributed by atoms with E-state index in [0.29, 0.717) is 12.5 Å². The topological polar surface area (TPSA) is 76.0 Å². The van der Waals surface area contributed by atoms with Crippen molar-refractivity contribution in [3.63, 3.8) is 0 Å². The van der Waals surface area contributed by atoms with Crippen molar-refractivity contribution in [1.82, 2.24) is 15.1 Å². The smallest absolute Gasteiger partial charge is 0.248 e. The molecule has 2 N–H and O–H groups in total. The number of thioether (sulfide) groups is 1. The summed E-state index contributed by atoms with van der Waals surface area (Å²) in [5.74, 6) is 1.23. The SMILES string of the molecule is CSCC[C@H](NC(C)=O)C(=O)Nc1c(C)cnn1C1CCCC1. The summed E-state index contributed by atoms with van der Waals surface area (Å²) in [6, 6.07) is -0.143. The summed E-state index contributed by atoms with van der Waals surface area (Å²) < 4.78 is 1.94. The Hall–Kier alpha value is -1.50. The number of rotatable bonds is 7. The minimum Gasteiger partial charge on any atom is -0.345 e. The number of aryl methyl sites for hydroxylation is 1. The zero-order valence-corrected chi connectivity index (χ0v) is 14.9. The average molecular weight is 338 g/mol. The van der Waals surface area contributed by atoms with E-state index in [9.17, 15) is 9.59 Å². The van der Waals surface area contributed by atoms with Crippen molar-refractivity contribution in [3.8, 4) is 0 Å². The van der Waals surface area contributed by atoms with Gasteiger partial charge in [0, 0.05) is 12.5 Å². The summed E-state index contributed by atoms with van der Waals surface area (Å²) in [5, 5.41) is 10.2. The molecule has 0 radical (unpaired) electrons. The highest BCUT2D eigenvalue weighted by molar-refractivity contribution is 7.98. The maximum atomic E-state index is 12.6. The maximum absolute atomic E-state index is 12.6. The lowest BCUT2D eigenvalue weighted by Crippen LogP contribution is -2.43. The predicted molar refractivity (Wildman–Crippen MR) is 93.7 cm³/mol. The lowest BCUT2D eigenvalue weighted by molar-refractivity contribution is -0.125. The summed E-state index contributed by atoms with van der Waals surface area (Å²) >= 11 is 1.66. The maximum Gasteiger partial charge on any atom is 0.248 e. The van der Waals surface area contributed by atoms with Crippen molar-refractivity contribution in [2.45, 2.75) is 58.0 Å². The van der Waals surface area contributed by atoms with Gasteiger partial charge in [-0.25, -0.2) is 4.68 Å². The highest BCUT2D eigenvalue weighted by Crippen LogP contribution is 2.32. The van der Waals surface area contributed by atoms with E-state index in [1.807, 2.05) is 17.9 Å². The number of nitrogens with zero attached hydrogens (tertiary/aromatic N) is 2. The zero-order valence-electron chi connectivity index (χ0n) is 14.1. The third-order valence-electron chi connectivity index (χ3n) is 4.20. The van der Waals surface area contributed by atoms with Gasteiger partial charge in [0.15, 0.2) is 0 Å². The van der Waals surface area contributed by atoms with Gasteiger partial charge in [-0.15, -0.1) is 0 Å². The second-order valence-corrected chi connectivity index (χ2v) is 7.07. The third kappa shape index (κ3) is 4.73. The van der Waals surface area contributed by atoms with Gasteiger partial charge in [-0.3, -0.25) is 9.59 Å². The molecule has 6 nitrogen and oxygen atoms in total. The van der Waals surface area contributed by atoms with Crippen molar-refractivity contribution in [1.29, 1.82) is 0 Å². The van der Waals surface area contributed by atoms with Crippen molar-refractivity contribution < 1.29 is 9.59 Å². The molecule has 1 fully saturated rings. The molecule has 1 heterocycles. The van der Waals surface area contributed by atoms with Crippen LogP contribution >= 0.6 is 11.8 Å². The summed E-state index contributed by atoms with van der Waals surface area (Å²) in [6.45, 7) is 3.39. The fraction of sp³-hybridized carbons (Fsp3) is 0.688. The van der Waals surface area contributed by atoms with Crippen LogP contribution in [0.3, 0.4) is 0 Å². The first-order valence-electron chi connectivity index (χ1n) is 8.14. The molecule has 1 aromatic heterocycles. The first-order valence-corrected chi connectivity index (χ1v) is 9.53. The van der Waals surface area contributed by atoms with Gasteiger partial charge in [-0.2, -0.15) is 16.9 Å². The highest BCUT2D eigenvalue weighted by Gasteiger charge is 2.25. The molecule has 1 atom stereocenters. The van der Waals surface area contributed by atoms with Crippen molar-refractivity contribution in [2.75, 3.05) is 17.3 Å². The van der Waals surface area contributed by atoms with Gasteiger partial charge in [0.05, 0.1) is 12.2 Å². The molecule has 0 bridgehead atoms. The third-order valence-corrected chi connectivity index (χ3v) is 4.84. The van der Waals surface area contributed by atoms with E-state index in [4.69, 9.17) is 0 Å². The number of nitrogens with one attached hydrogen (secondary N) is 2. The van der Waals surface area contributed by atoms with Gasteiger partial charge >= 0.3 is 0 Å². The van der Waals surface area contributed by atoms with Crippen LogP contribution in [0.25, 0.3) is 0 Å². The van der Waals surface area contributed by atoms with Crippen molar-refractivity contribution in [3.05, 3.63) is 11.8 Å². The van der Waals surface area contributed by atoms with Crippen molar-refractivity contribution >= 4 is 29.4 Å². The van der Waals surface area contributed by atoms with Crippen LogP contribution in [-0.2, 0) is 9.59 Å². The molecule has 0 spiro atoms. The summed E-state index contributed by atoms with van der Waals surface area (Å²) in [7, 11) is 0. The van der Waals surface area contributed by atoms with Crippen LogP contribution in [0, 0.1) is 6.92 Å². The van der Waals surface area contributed by atoms with Crippen molar-refractivity contribution in [2.24, 2.45) is 0 Å². The van der Waals surface area contributed by atoms with Gasteiger partial charge in [0.2, 0.25) is 11.8 Å². The zero-order chi connectivity index (χ0) is 16.8. The molecule has 2 rings (SSSR count). The summed E-state index contributed by atoms with van der Waals surface area (Å²) in [5.41, 5.74) is 0.955. The van der Waals surface area contributed by atoms with Crippen LogP contribution in [-0.4, -0.2) is 39.6 Å². The Labute approximate surface area is 141 Å². The Morgan fingerprint density at radius 3 is 2.74 bits per heavy atom. The molecular formula is C16H26N4O2S. The number of amides is 2. The minimum atomic E-state index is -0.508. The van der Waals surface area contributed by atoms with Gasteiger partial charge < -0.3 is 10.6 Å². The van der Waals surface area contributed by atoms with Crippen LogP contribution in [0.2, 0.25) is 0 Å². The molecule has 1 aliphatic rings. The molecule has 0 unspecified atom stereocenters. The van der Waals surface area contributed by atoms with Crippen LogP contribution in [0.15, 0.2) is 6.20 Å². The fourth-order valence-corrected chi connectivity index (χ4v) is 3.46. The van der Waals surface area contributed by atoms with Gasteiger partial charge in [0.1, 0.15) is 11.9 Å². The summed E-state index contributed by atoms with van der Waals surface area (Å²) in [4.78, 5) is 23.9. The van der Waals surface area contributed by atoms with Gasteiger partial charge in [-0.1, -0.05) is 12.8 Å². The quantitative estimate of drug-likeness (QED) is 0.801. The van der Waals surface area contributed by atoms with E-state index in [-0.39, 0.29) is 11.8 Å². The second-order valence-electron chi connectivity index (χ2n) is 6.08. The molecule has 0 aliphatic heterocycles. The molecule has 7 heteroatoms. The fourth-order valence-electron chi connectivity index (χ4n) is 2.98. The predicted octanol–water partition coefficient (Wildman–Crippen LogP) is 2.50. The number of hydrogen-bond donors (Lipinski definition) is 2. The molecule has 0 aromatic carbocycles. The molecule has 23 heavy (non-hydrogen) atoms. The molecular weight excluding hydrogens is 312 g/mol. The van der Waals surface area contributed by atoms with Crippen LogP contribution < -0.4 is 10.6 Å². The molecule has 0 saturated heterocycles. The Kier molecular flexibility index (Phi) is 6.50. The normalized spacial score (nSPS) is 16.3. The molecule has 2 amide bonds. The Morgan fingerprint density at radius 2 is 2.13 bits per heavy atom. The lowest BCUT2D eigenvalue weighted by atomic mass is 10.2. The Bertz CT molecular complexity index is 552. The number of carbonyl (C=O) groups is 2. The second kappa shape index (κ2) is 8.38. The largest absolute Gasteiger partial charge is 0.345 e. The number of carbonyl (C=O) groups excluding carboxylic acids is 2. The molecule has 1 aromatic rings. The average Bonchev–Trinajstić information content (AvgIpc) is 3.14. The molecule has 1 saturated carbocycles. The first kappa shape index (κ1) is 17.8. The highest BCUT2D eigenvalue weighted by atomic mass is 32.2. The van der Waals surface area contributed by atoms with Gasteiger partial charge in [0.25, 0.3) is 0 Å². The Balaban J connectivity index is 2.10. The Morgan fingerprint density at radius 1 is 1.43 bits per heavy atom. The number of hydrogen-bond acceptors (Lipinski definition) is 4. The van der Waals surface area contributed by atoms with Crippen LogP contribution in [0.5, 0.6) is 0 Å². The number of aromatic nitrogens is 2. The van der Waals surface area contributed by atoms with E-state index in [1.54, 1.807) is 18.0 Å². The standard InChI is InChI=1S/C16H26N4O2S/c1-11-10-17-20(13-6-4-5-7-13)15(11)19-16(22)14(8-9-23-3)18-12(2)21/h10,13-14H,4-9H2,1-3H3,(H,18,21)(H,19,22)/t14-/m0/s1. The van der Waals surface area contributed by atoms with E-state index >= 15 is 0 Å². The lowest BCUT2D eigenvalue weighted by Gasteiger charge is -2.20. The number of anilines is 1. The van der Waals surface area contributed by atoms with E-state index in [2.05, 4.69) is 15.7 Å². The first-order chi connectivity index (χ1) is 11.0. The van der Waals surface area contributed by atoms with Crippen LogP contribution in [0.1, 0.15) is 50.6 Å². The van der Waals surface area contributed by atoms with Gasteiger partial charge in [-0.05, 0) is 38.2 Å². The molecule has 1 aliphatic carbocycles. The van der Waals surface area contributed by atoms with E-state index < -0.39 is 6.04 Å².